The Balaban J connectivity index is 2.12. The van der Waals surface area contributed by atoms with Crippen LogP contribution in [0.15, 0.2) is 36.9 Å². The number of hydrogen-bond acceptors (Lipinski definition) is 3. The van der Waals surface area contributed by atoms with E-state index in [2.05, 4.69) is 6.58 Å². The van der Waals surface area contributed by atoms with Crippen molar-refractivity contribution in [2.75, 3.05) is 19.7 Å². The maximum absolute atomic E-state index is 13.0. The number of carbonyl (C=O) groups is 2. The fraction of sp³-hybridized carbons (Fsp3) is 0.375. The van der Waals surface area contributed by atoms with Gasteiger partial charge in [0.05, 0.1) is 11.8 Å². The minimum absolute atomic E-state index is 0.174. The quantitative estimate of drug-likeness (QED) is 0.835. The molecular weight excluding hydrogens is 327 g/mol. The number of ether oxygens (including phenoxy) is 1. The van der Waals surface area contributed by atoms with Crippen LogP contribution in [0.1, 0.15) is 10.4 Å². The first-order chi connectivity index (χ1) is 11.2. The molecule has 130 valence electrons. The third kappa shape index (κ3) is 3.87. The molecule has 1 aliphatic rings. The van der Waals surface area contributed by atoms with Gasteiger partial charge in [0.15, 0.2) is 0 Å². The first-order valence-electron chi connectivity index (χ1n) is 7.16. The normalized spacial score (nSPS) is 20.7. The average Bonchev–Trinajstić information content (AvgIpc) is 2.98. The number of carboxylic acid groups (broad SMARTS) is 1. The molecule has 2 atom stereocenters. The molecule has 1 aromatic carbocycles. The van der Waals surface area contributed by atoms with Crippen molar-refractivity contribution in [3.63, 3.8) is 0 Å². The minimum Gasteiger partial charge on any atom is -0.490 e. The van der Waals surface area contributed by atoms with E-state index in [1.54, 1.807) is 6.08 Å². The van der Waals surface area contributed by atoms with E-state index >= 15 is 0 Å². The number of aliphatic carboxylic acids is 1. The van der Waals surface area contributed by atoms with E-state index in [1.807, 2.05) is 0 Å². The first kappa shape index (κ1) is 17.8. The summed E-state index contributed by atoms with van der Waals surface area (Å²) in [4.78, 5) is 24.3. The van der Waals surface area contributed by atoms with E-state index < -0.39 is 43.0 Å². The number of carbonyl (C=O) groups excluding carboxylic acids is 1. The fourth-order valence-electron chi connectivity index (χ4n) is 2.58. The van der Waals surface area contributed by atoms with Crippen LogP contribution in [0.5, 0.6) is 5.75 Å². The van der Waals surface area contributed by atoms with Gasteiger partial charge in [-0.25, -0.2) is 0 Å². The van der Waals surface area contributed by atoms with Crippen molar-refractivity contribution in [1.29, 1.82) is 0 Å². The number of rotatable bonds is 5. The van der Waals surface area contributed by atoms with Gasteiger partial charge in [-0.1, -0.05) is 12.7 Å². The average molecular weight is 343 g/mol. The highest BCUT2D eigenvalue weighted by molar-refractivity contribution is 5.95. The van der Waals surface area contributed by atoms with E-state index in [-0.39, 0.29) is 12.2 Å². The third-order valence-electron chi connectivity index (χ3n) is 3.81. The van der Waals surface area contributed by atoms with Gasteiger partial charge in [-0.2, -0.15) is 13.2 Å². The molecule has 1 saturated heterocycles. The van der Waals surface area contributed by atoms with Crippen LogP contribution in [0.4, 0.5) is 13.2 Å². The smallest absolute Gasteiger partial charge is 0.394 e. The second kappa shape index (κ2) is 6.94. The molecule has 0 unspecified atom stereocenters. The number of amides is 1. The third-order valence-corrected chi connectivity index (χ3v) is 3.81. The molecule has 1 amide bonds. The summed E-state index contributed by atoms with van der Waals surface area (Å²) in [5.41, 5.74) is 0.174. The van der Waals surface area contributed by atoms with Crippen molar-refractivity contribution in [2.45, 2.75) is 6.18 Å². The van der Waals surface area contributed by atoms with E-state index in [1.165, 1.54) is 24.3 Å². The molecule has 1 fully saturated rings. The Morgan fingerprint density at radius 2 is 1.92 bits per heavy atom. The highest BCUT2D eigenvalue weighted by Gasteiger charge is 2.53. The van der Waals surface area contributed by atoms with Crippen LogP contribution in [0.25, 0.3) is 0 Å². The highest BCUT2D eigenvalue weighted by Crippen LogP contribution is 2.38. The van der Waals surface area contributed by atoms with Gasteiger partial charge in [0.2, 0.25) is 0 Å². The molecule has 2 rings (SSSR count). The number of alkyl halides is 3. The van der Waals surface area contributed by atoms with Gasteiger partial charge in [-0.05, 0) is 24.3 Å². The Labute approximate surface area is 136 Å². The first-order valence-corrected chi connectivity index (χ1v) is 7.16. The lowest BCUT2D eigenvalue weighted by molar-refractivity contribution is -0.187. The van der Waals surface area contributed by atoms with Crippen LogP contribution < -0.4 is 4.74 Å². The lowest BCUT2D eigenvalue weighted by atomic mass is 9.96. The molecule has 24 heavy (non-hydrogen) atoms. The van der Waals surface area contributed by atoms with Gasteiger partial charge in [-0.15, -0.1) is 0 Å². The summed E-state index contributed by atoms with van der Waals surface area (Å²) in [6, 6.07) is 5.89. The van der Waals surface area contributed by atoms with Gasteiger partial charge in [0, 0.05) is 18.7 Å². The van der Waals surface area contributed by atoms with Gasteiger partial charge < -0.3 is 14.7 Å². The summed E-state index contributed by atoms with van der Waals surface area (Å²) >= 11 is 0. The van der Waals surface area contributed by atoms with Gasteiger partial charge in [-0.3, -0.25) is 9.59 Å². The number of halogens is 3. The Kier molecular flexibility index (Phi) is 5.16. The van der Waals surface area contributed by atoms with Crippen LogP contribution in [0, 0.1) is 11.8 Å². The molecule has 1 N–H and O–H groups in total. The zero-order valence-electron chi connectivity index (χ0n) is 12.6. The number of nitrogens with zero attached hydrogens (tertiary/aromatic N) is 1. The van der Waals surface area contributed by atoms with E-state index in [9.17, 15) is 22.8 Å². The molecule has 0 saturated carbocycles. The number of benzene rings is 1. The second-order valence-electron chi connectivity index (χ2n) is 5.43. The van der Waals surface area contributed by atoms with Crippen molar-refractivity contribution in [1.82, 2.24) is 4.90 Å². The summed E-state index contributed by atoms with van der Waals surface area (Å²) in [6.45, 7) is 2.66. The van der Waals surface area contributed by atoms with Crippen LogP contribution >= 0.6 is 0 Å². The topological polar surface area (TPSA) is 66.8 Å². The SMILES string of the molecule is C=CCOc1ccc(C(=O)N2C[C@@H](C(F)(F)F)[C@H](C(=O)O)C2)cc1. The van der Waals surface area contributed by atoms with Crippen LogP contribution in [-0.4, -0.2) is 47.8 Å². The van der Waals surface area contributed by atoms with Crippen LogP contribution in [0.2, 0.25) is 0 Å². The Morgan fingerprint density at radius 1 is 1.29 bits per heavy atom. The monoisotopic (exact) mass is 343 g/mol. The lowest BCUT2D eigenvalue weighted by Gasteiger charge is -2.18. The predicted molar refractivity (Wildman–Crippen MR) is 78.7 cm³/mol. The van der Waals surface area contributed by atoms with Crippen molar-refractivity contribution in [3.05, 3.63) is 42.5 Å². The predicted octanol–water partition coefficient (Wildman–Crippen LogP) is 2.59. The zero-order valence-corrected chi connectivity index (χ0v) is 12.6. The standard InChI is InChI=1S/C16H16F3NO4/c1-2-7-24-11-5-3-10(4-6-11)14(21)20-8-12(15(22)23)13(9-20)16(17,18)19/h2-6,12-13H,1,7-9H2,(H,22,23)/t12-,13-/m1/s1. The summed E-state index contributed by atoms with van der Waals surface area (Å²) in [7, 11) is 0. The van der Waals surface area contributed by atoms with Gasteiger partial charge in [0.25, 0.3) is 5.91 Å². The molecule has 0 bridgehead atoms. The number of carboxylic acids is 1. The van der Waals surface area contributed by atoms with Crippen molar-refractivity contribution in [2.24, 2.45) is 11.8 Å². The van der Waals surface area contributed by atoms with E-state index in [0.29, 0.717) is 5.75 Å². The number of hydrogen-bond donors (Lipinski definition) is 1. The largest absolute Gasteiger partial charge is 0.490 e. The van der Waals surface area contributed by atoms with E-state index in [4.69, 9.17) is 9.84 Å². The van der Waals surface area contributed by atoms with Crippen molar-refractivity contribution in [3.8, 4) is 5.75 Å². The molecule has 0 radical (unpaired) electrons. The molecule has 8 heteroatoms. The zero-order chi connectivity index (χ0) is 17.9. The summed E-state index contributed by atoms with van der Waals surface area (Å²) in [6.07, 6.45) is -3.12. The molecule has 1 heterocycles. The Hall–Kier alpha value is -2.51. The maximum atomic E-state index is 13.0. The van der Waals surface area contributed by atoms with Crippen molar-refractivity contribution >= 4 is 11.9 Å². The highest BCUT2D eigenvalue weighted by atomic mass is 19.4. The Bertz CT molecular complexity index is 627. The fourth-order valence-corrected chi connectivity index (χ4v) is 2.58. The summed E-state index contributed by atoms with van der Waals surface area (Å²) in [5.74, 6) is -5.41. The van der Waals surface area contributed by atoms with Crippen molar-refractivity contribution < 1.29 is 32.6 Å². The second-order valence-corrected chi connectivity index (χ2v) is 5.43. The molecule has 0 aromatic heterocycles. The summed E-state index contributed by atoms with van der Waals surface area (Å²) in [5, 5.41) is 8.97. The molecular formula is C16H16F3NO4. The summed E-state index contributed by atoms with van der Waals surface area (Å²) < 4.78 is 44.1. The van der Waals surface area contributed by atoms with Gasteiger partial charge in [0.1, 0.15) is 12.4 Å². The molecule has 0 aliphatic carbocycles. The van der Waals surface area contributed by atoms with Crippen LogP contribution in [-0.2, 0) is 4.79 Å². The van der Waals surface area contributed by atoms with E-state index in [0.717, 1.165) is 4.90 Å². The van der Waals surface area contributed by atoms with Crippen LogP contribution in [0.3, 0.4) is 0 Å². The molecule has 5 nitrogen and oxygen atoms in total. The minimum atomic E-state index is -4.67. The lowest BCUT2D eigenvalue weighted by Crippen LogP contribution is -2.34. The Morgan fingerprint density at radius 3 is 2.38 bits per heavy atom. The molecule has 1 aliphatic heterocycles. The maximum Gasteiger partial charge on any atom is 0.394 e. The van der Waals surface area contributed by atoms with Gasteiger partial charge >= 0.3 is 12.1 Å². The molecule has 1 aromatic rings. The number of likely N-dealkylation sites (tertiary alicyclic amines) is 1. The molecule has 0 spiro atoms.